The third-order valence-corrected chi connectivity index (χ3v) is 7.90. The number of aromatic nitrogens is 1. The van der Waals surface area contributed by atoms with E-state index in [1.165, 1.54) is 18.2 Å². The number of alkyl halides is 1. The summed E-state index contributed by atoms with van der Waals surface area (Å²) in [6.07, 6.45) is 1.93. The van der Waals surface area contributed by atoms with E-state index >= 15 is 4.39 Å². The molecule has 0 saturated carbocycles. The molecule has 1 aliphatic heterocycles. The van der Waals surface area contributed by atoms with Gasteiger partial charge in [0.1, 0.15) is 74.3 Å². The van der Waals surface area contributed by atoms with E-state index in [9.17, 15) is 9.18 Å². The van der Waals surface area contributed by atoms with Crippen molar-refractivity contribution in [3.8, 4) is 0 Å². The molecule has 1 atom stereocenters. The topological polar surface area (TPSA) is 45.2 Å². The molecule has 3 rings (SSSR count). The Morgan fingerprint density at radius 2 is 1.77 bits per heavy atom. The van der Waals surface area contributed by atoms with E-state index < -0.39 is 32.7 Å². The van der Waals surface area contributed by atoms with Crippen LogP contribution in [-0.4, -0.2) is 101 Å². The smallest absolute Gasteiger partial charge is 0.253 e. The summed E-state index contributed by atoms with van der Waals surface area (Å²) >= 11 is 5.93. The van der Waals surface area contributed by atoms with Gasteiger partial charge < -0.3 is 10.2 Å². The molecule has 0 aliphatic carbocycles. The SMILES string of the molecule is BC(B)(NC(B)(B)C1(F)CC(B)(B)N(C(=O)c2ccc(F)c(Cl)c2)CC1(B)B)c1ccc(C)cn1. The van der Waals surface area contributed by atoms with E-state index in [0.29, 0.717) is 0 Å². The lowest BCUT2D eigenvalue weighted by atomic mass is 9.31. The van der Waals surface area contributed by atoms with Gasteiger partial charge in [-0.05, 0) is 64.4 Å². The van der Waals surface area contributed by atoms with E-state index in [4.69, 9.17) is 11.6 Å². The van der Waals surface area contributed by atoms with Crippen LogP contribution in [0.4, 0.5) is 8.78 Å². The third-order valence-electron chi connectivity index (χ3n) is 7.61. The highest BCUT2D eigenvalue weighted by atomic mass is 35.5. The lowest BCUT2D eigenvalue weighted by Gasteiger charge is -2.63. The maximum Gasteiger partial charge on any atom is 0.253 e. The number of rotatable bonds is 5. The molecule has 1 aromatic heterocycles. The predicted octanol–water partition coefficient (Wildman–Crippen LogP) is -4.37. The summed E-state index contributed by atoms with van der Waals surface area (Å²) in [4.78, 5) is 19.7. The molecule has 0 radical (unpaired) electrons. The van der Waals surface area contributed by atoms with Gasteiger partial charge >= 0.3 is 0 Å². The molecule has 0 bridgehead atoms. The second kappa shape index (κ2) is 9.09. The minimum atomic E-state index is -1.68. The lowest BCUT2D eigenvalue weighted by Crippen LogP contribution is -2.78. The van der Waals surface area contributed by atoms with Crippen LogP contribution in [0.3, 0.4) is 0 Å². The fourth-order valence-electron chi connectivity index (χ4n) is 5.65. The number of amides is 1. The van der Waals surface area contributed by atoms with Crippen LogP contribution < -0.4 is 5.32 Å². The van der Waals surface area contributed by atoms with Gasteiger partial charge in [-0.25, -0.2) is 8.78 Å². The minimum Gasteiger partial charge on any atom is -0.350 e. The van der Waals surface area contributed by atoms with E-state index in [0.717, 1.165) is 11.3 Å². The van der Waals surface area contributed by atoms with Crippen LogP contribution in [0.15, 0.2) is 36.5 Å². The number of hydrogen-bond donors (Lipinski definition) is 1. The molecule has 1 aromatic carbocycles. The van der Waals surface area contributed by atoms with Gasteiger partial charge in [-0.2, -0.15) is 0 Å². The zero-order chi connectivity index (χ0) is 26.6. The van der Waals surface area contributed by atoms with Gasteiger partial charge in [0, 0.05) is 24.0 Å². The Bertz CT molecular complexity index is 1140. The molecule has 1 amide bonds. The Kier molecular flexibility index (Phi) is 7.29. The number of benzene rings is 1. The minimum absolute atomic E-state index is 0.109. The Hall–Kier alpha value is -1.53. The first-order chi connectivity index (χ1) is 15.8. The zero-order valence-corrected chi connectivity index (χ0v) is 23.1. The highest BCUT2D eigenvalue weighted by Crippen LogP contribution is 2.52. The first kappa shape index (κ1) is 28.0. The van der Waals surface area contributed by atoms with Crippen molar-refractivity contribution < 1.29 is 13.6 Å². The molecule has 1 aliphatic rings. The van der Waals surface area contributed by atoms with Crippen LogP contribution in [0.25, 0.3) is 0 Å². The molecule has 0 spiro atoms. The molecule has 1 unspecified atom stereocenters. The van der Waals surface area contributed by atoms with Crippen molar-refractivity contribution in [1.29, 1.82) is 0 Å². The molecule has 1 fully saturated rings. The molecule has 35 heavy (non-hydrogen) atoms. The average molecular weight is 488 g/mol. The Morgan fingerprint density at radius 3 is 2.31 bits per heavy atom. The Labute approximate surface area is 219 Å². The lowest BCUT2D eigenvalue weighted by molar-refractivity contribution is -0.00203. The molecule has 1 N–H and O–H groups in total. The van der Waals surface area contributed by atoms with E-state index in [1.54, 1.807) is 4.90 Å². The van der Waals surface area contributed by atoms with Gasteiger partial charge in [0.15, 0.2) is 0 Å². The number of carbonyl (C=O) groups is 1. The summed E-state index contributed by atoms with van der Waals surface area (Å²) in [5, 5.41) is 0.211. The molecule has 2 heterocycles. The number of carbonyl (C=O) groups excluding carboxylic acids is 1. The second-order valence-corrected chi connectivity index (χ2v) is 12.7. The summed E-state index contributed by atoms with van der Waals surface area (Å²) in [6.45, 7) is 2.18. The highest BCUT2D eigenvalue weighted by Gasteiger charge is 2.62. The number of halogens is 3. The normalized spacial score (nSPS) is 22.0. The van der Waals surface area contributed by atoms with Gasteiger partial charge in [-0.3, -0.25) is 9.78 Å². The van der Waals surface area contributed by atoms with Crippen LogP contribution in [0, 0.1) is 12.7 Å². The van der Waals surface area contributed by atoms with E-state index in [1.807, 2.05) is 88.0 Å². The molecule has 1 saturated heterocycles. The second-order valence-electron chi connectivity index (χ2n) is 12.3. The van der Waals surface area contributed by atoms with Crippen molar-refractivity contribution in [2.24, 2.45) is 0 Å². The molecule has 15 heteroatoms. The zero-order valence-electron chi connectivity index (χ0n) is 22.3. The van der Waals surface area contributed by atoms with Crippen LogP contribution in [0.1, 0.15) is 28.0 Å². The van der Waals surface area contributed by atoms with Gasteiger partial charge in [0.2, 0.25) is 0 Å². The number of piperidine rings is 1. The van der Waals surface area contributed by atoms with Crippen molar-refractivity contribution in [3.05, 3.63) is 64.2 Å². The first-order valence-electron chi connectivity index (χ1n) is 12.0. The average Bonchev–Trinajstić information content (AvgIpc) is 2.71. The van der Waals surface area contributed by atoms with Gasteiger partial charge in [0.25, 0.3) is 5.91 Å². The number of likely N-dealkylation sites (tertiary alicyclic amines) is 1. The summed E-state index contributed by atoms with van der Waals surface area (Å²) in [7, 11) is 15.3. The predicted molar refractivity (Wildman–Crippen MR) is 161 cm³/mol. The molecular weight excluding hydrogens is 458 g/mol. The summed E-state index contributed by atoms with van der Waals surface area (Å²) in [6, 6.07) is 7.91. The maximum atomic E-state index is 17.4. The van der Waals surface area contributed by atoms with Crippen LogP contribution in [0.2, 0.25) is 10.2 Å². The number of nitrogens with zero attached hydrogens (tertiary/aromatic N) is 2. The van der Waals surface area contributed by atoms with Crippen molar-refractivity contribution in [1.82, 2.24) is 15.2 Å². The van der Waals surface area contributed by atoms with Crippen molar-refractivity contribution >= 4 is 80.3 Å². The van der Waals surface area contributed by atoms with E-state index in [-0.39, 0.29) is 29.5 Å². The van der Waals surface area contributed by atoms with Crippen molar-refractivity contribution in [3.63, 3.8) is 0 Å². The maximum absolute atomic E-state index is 17.4. The molecular formula is C20H30B8ClF2N3O. The van der Waals surface area contributed by atoms with Crippen molar-refractivity contribution in [2.45, 2.75) is 40.2 Å². The fourth-order valence-corrected chi connectivity index (χ4v) is 5.83. The molecule has 176 valence electrons. The number of aryl methyl sites for hydroxylation is 1. The quantitative estimate of drug-likeness (QED) is 0.433. The Morgan fingerprint density at radius 1 is 1.14 bits per heavy atom. The van der Waals surface area contributed by atoms with E-state index in [2.05, 4.69) is 10.3 Å². The van der Waals surface area contributed by atoms with Gasteiger partial charge in [0.05, 0.1) is 5.02 Å². The van der Waals surface area contributed by atoms with Crippen LogP contribution in [-0.2, 0) is 5.34 Å². The Balaban J connectivity index is 1.94. The largest absolute Gasteiger partial charge is 0.350 e. The van der Waals surface area contributed by atoms with Crippen LogP contribution in [0.5, 0.6) is 0 Å². The van der Waals surface area contributed by atoms with Crippen LogP contribution >= 0.6 is 11.6 Å². The number of hydrogen-bond acceptors (Lipinski definition) is 3. The standard InChI is InChI=1S/C20H30B8ClF2N3O/c1-10-2-5-14(32-7-10)19(25,26)33-20(27,28)16(31)8-18(23,24)34(9-17(16,21)22)15(35)11-3-4-13(30)12(29)6-11/h2-7,33H,8-9,21-28H2,1H3. The summed E-state index contributed by atoms with van der Waals surface area (Å²) in [5.41, 5.74) is 0.504. The first-order valence-corrected chi connectivity index (χ1v) is 12.4. The van der Waals surface area contributed by atoms with Crippen molar-refractivity contribution in [2.75, 3.05) is 6.54 Å². The summed E-state index contributed by atoms with van der Waals surface area (Å²) in [5.74, 6) is -0.871. The molecule has 4 nitrogen and oxygen atoms in total. The van der Waals surface area contributed by atoms with Gasteiger partial charge in [-0.1, -0.05) is 17.7 Å². The molecule has 2 aromatic rings. The fraction of sp³-hybridized carbons (Fsp3) is 0.400. The number of nitrogens with one attached hydrogen (secondary N) is 1. The number of pyridine rings is 1. The van der Waals surface area contributed by atoms with Gasteiger partial charge in [-0.15, -0.1) is 0 Å². The third kappa shape index (κ3) is 5.16. The highest BCUT2D eigenvalue weighted by molar-refractivity contribution is 6.49. The summed E-state index contributed by atoms with van der Waals surface area (Å²) < 4.78 is 31.1. The monoisotopic (exact) mass is 489 g/mol.